The van der Waals surface area contributed by atoms with E-state index in [1.165, 1.54) is 33.2 Å². The highest BCUT2D eigenvalue weighted by Gasteiger charge is 2.45. The van der Waals surface area contributed by atoms with E-state index in [1.54, 1.807) is 14.0 Å². The fourth-order valence-electron chi connectivity index (χ4n) is 10.8. The molecule has 2 aliphatic heterocycles. The van der Waals surface area contributed by atoms with Gasteiger partial charge in [-0.1, -0.05) is 133 Å². The number of carbonyl (C=O) groups is 3. The SMILES string of the molecule is C=C(C)C(=O)OCCOC(=O)CCC(=O)CC1=CCCN(c2ccc(C3(c4ccccc4)C=Cc4c5c(c6cc(N(CCC)CCC)c(OC)cc6c4O3)-c3ccc(C(C)(C)C)cc3C5(C)C)cc2)CC1. The van der Waals surface area contributed by atoms with E-state index in [9.17, 15) is 14.4 Å². The minimum Gasteiger partial charge on any atom is -0.495 e. The molecule has 0 bridgehead atoms. The van der Waals surface area contributed by atoms with Gasteiger partial charge in [0.15, 0.2) is 5.60 Å². The Morgan fingerprint density at radius 1 is 0.845 bits per heavy atom. The van der Waals surface area contributed by atoms with Crippen LogP contribution in [0.3, 0.4) is 0 Å². The first-order chi connectivity index (χ1) is 34.0. The summed E-state index contributed by atoms with van der Waals surface area (Å²) >= 11 is 0. The third kappa shape index (κ3) is 10.3. The van der Waals surface area contributed by atoms with E-state index in [2.05, 4.69) is 168 Å². The van der Waals surface area contributed by atoms with E-state index in [4.69, 9.17) is 18.9 Å². The number of ketones is 1. The molecule has 1 aliphatic carbocycles. The number of hydrogen-bond donors (Lipinski definition) is 0. The maximum atomic E-state index is 13.0. The molecular formula is C62H72N2O7. The minimum atomic E-state index is -0.941. The number of fused-ring (bicyclic) bond motifs is 8. The predicted octanol–water partition coefficient (Wildman–Crippen LogP) is 13.4. The summed E-state index contributed by atoms with van der Waals surface area (Å²) in [5, 5.41) is 2.20. The highest BCUT2D eigenvalue weighted by atomic mass is 16.6. The Hall–Kier alpha value is -6.61. The molecule has 0 radical (unpaired) electrons. The van der Waals surface area contributed by atoms with E-state index < -0.39 is 17.5 Å². The smallest absolute Gasteiger partial charge is 0.333 e. The Kier molecular flexibility index (Phi) is 15.0. The first-order valence-electron chi connectivity index (χ1n) is 25.6. The largest absolute Gasteiger partial charge is 0.495 e. The second-order valence-corrected chi connectivity index (χ2v) is 21.0. The zero-order valence-corrected chi connectivity index (χ0v) is 43.5. The van der Waals surface area contributed by atoms with Crippen molar-refractivity contribution < 1.29 is 33.3 Å². The summed E-state index contributed by atoms with van der Waals surface area (Å²) in [4.78, 5) is 41.7. The standard InChI is InChI=1S/C62H72N2O7/c1-11-31-64(32-12-2)53-39-50-51(40-54(53)68-10)58-49(57-56(50)48-26-22-45(60(5,6)7)38-52(48)61(57,8)9)28-30-62(71-58,43-18-14-13-15-19-43)44-20-23-46(24-21-44)63-33-16-17-42(29-34-63)37-47(65)25-27-55(66)69-35-36-70-59(67)41(3)4/h13-15,17-24,26,28,30,38-40H,3,11-12,16,25,27,29,31-37H2,1-2,4-10H3. The van der Waals surface area contributed by atoms with Crippen molar-refractivity contribution in [2.75, 3.05) is 56.3 Å². The highest BCUT2D eigenvalue weighted by molar-refractivity contribution is 6.10. The zero-order valence-electron chi connectivity index (χ0n) is 43.5. The topological polar surface area (TPSA) is 94.6 Å². The van der Waals surface area contributed by atoms with E-state index >= 15 is 0 Å². The molecule has 0 fully saturated rings. The van der Waals surface area contributed by atoms with Crippen molar-refractivity contribution in [2.45, 2.75) is 117 Å². The lowest BCUT2D eigenvalue weighted by atomic mass is 9.76. The van der Waals surface area contributed by atoms with Crippen molar-refractivity contribution in [2.24, 2.45) is 0 Å². The average Bonchev–Trinajstić information content (AvgIpc) is 3.45. The molecule has 0 spiro atoms. The molecular weight excluding hydrogens is 885 g/mol. The second-order valence-electron chi connectivity index (χ2n) is 21.0. The van der Waals surface area contributed by atoms with Gasteiger partial charge in [-0.25, -0.2) is 4.79 Å². The van der Waals surface area contributed by atoms with Crippen molar-refractivity contribution in [1.29, 1.82) is 0 Å². The Morgan fingerprint density at radius 2 is 1.55 bits per heavy atom. The van der Waals surface area contributed by atoms with Crippen molar-refractivity contribution in [3.05, 3.63) is 148 Å². The summed E-state index contributed by atoms with van der Waals surface area (Å²) in [5.41, 5.74) is 12.0. The molecule has 0 N–H and O–H groups in total. The minimum absolute atomic E-state index is 0.00166. The van der Waals surface area contributed by atoms with Crippen LogP contribution in [0, 0.1) is 0 Å². The third-order valence-corrected chi connectivity index (χ3v) is 14.5. The van der Waals surface area contributed by atoms with Gasteiger partial charge in [0.2, 0.25) is 0 Å². The predicted molar refractivity (Wildman–Crippen MR) is 288 cm³/mol. The lowest BCUT2D eigenvalue weighted by Gasteiger charge is -2.39. The fraction of sp³-hybridized carbons (Fsp3) is 0.403. The lowest BCUT2D eigenvalue weighted by Crippen LogP contribution is -2.35. The number of ether oxygens (including phenoxy) is 4. The van der Waals surface area contributed by atoms with Gasteiger partial charge in [0, 0.05) is 77.8 Å². The van der Waals surface area contributed by atoms with Crippen molar-refractivity contribution in [1.82, 2.24) is 0 Å². The van der Waals surface area contributed by atoms with Crippen LogP contribution in [0.25, 0.3) is 28.0 Å². The summed E-state index contributed by atoms with van der Waals surface area (Å²) in [6.07, 6.45) is 10.8. The van der Waals surface area contributed by atoms with Gasteiger partial charge in [-0.15, -0.1) is 0 Å². The zero-order chi connectivity index (χ0) is 50.7. The summed E-state index contributed by atoms with van der Waals surface area (Å²) in [6, 6.07) is 31.1. The van der Waals surface area contributed by atoms with Crippen LogP contribution in [0.4, 0.5) is 11.4 Å². The van der Waals surface area contributed by atoms with E-state index in [-0.39, 0.29) is 48.2 Å². The normalized spacial score (nSPS) is 16.7. The molecule has 3 aliphatic rings. The van der Waals surface area contributed by atoms with Crippen LogP contribution in [0.1, 0.15) is 134 Å². The Labute approximate surface area is 421 Å². The van der Waals surface area contributed by atoms with Crippen molar-refractivity contribution >= 4 is 45.9 Å². The van der Waals surface area contributed by atoms with E-state index in [1.807, 2.05) is 0 Å². The molecule has 0 aromatic heterocycles. The number of nitrogens with zero attached hydrogens (tertiary/aromatic N) is 2. The highest BCUT2D eigenvalue weighted by Crippen LogP contribution is 2.59. The molecule has 0 amide bonds. The van der Waals surface area contributed by atoms with Gasteiger partial charge in [-0.05, 0) is 102 Å². The number of rotatable bonds is 18. The number of methoxy groups -OCH3 is 1. The molecule has 2 heterocycles. The molecule has 71 heavy (non-hydrogen) atoms. The molecule has 5 aromatic carbocycles. The van der Waals surface area contributed by atoms with E-state index in [0.29, 0.717) is 6.42 Å². The molecule has 1 atom stereocenters. The lowest BCUT2D eigenvalue weighted by molar-refractivity contribution is -0.150. The van der Waals surface area contributed by atoms with Gasteiger partial charge in [0.25, 0.3) is 0 Å². The molecule has 9 heteroatoms. The molecule has 5 aromatic rings. The Morgan fingerprint density at radius 3 is 2.23 bits per heavy atom. The van der Waals surface area contributed by atoms with Gasteiger partial charge < -0.3 is 28.7 Å². The van der Waals surface area contributed by atoms with Gasteiger partial charge in [-0.3, -0.25) is 9.59 Å². The van der Waals surface area contributed by atoms with Crippen LogP contribution in [0.2, 0.25) is 0 Å². The summed E-state index contributed by atoms with van der Waals surface area (Å²) in [7, 11) is 1.78. The second kappa shape index (κ2) is 21.0. The van der Waals surface area contributed by atoms with Crippen molar-refractivity contribution in [3.8, 4) is 22.6 Å². The molecule has 0 saturated carbocycles. The maximum absolute atomic E-state index is 13.0. The van der Waals surface area contributed by atoms with Crippen LogP contribution in [0.15, 0.2) is 115 Å². The summed E-state index contributed by atoms with van der Waals surface area (Å²) in [5.74, 6) is 0.678. The summed E-state index contributed by atoms with van der Waals surface area (Å²) < 4.78 is 24.2. The van der Waals surface area contributed by atoms with Crippen LogP contribution < -0.4 is 19.3 Å². The number of hydrogen-bond acceptors (Lipinski definition) is 9. The molecule has 0 saturated heterocycles. The quantitative estimate of drug-likeness (QED) is 0.0368. The first-order valence-corrected chi connectivity index (χ1v) is 25.6. The monoisotopic (exact) mass is 957 g/mol. The van der Waals surface area contributed by atoms with Gasteiger partial charge in [0.05, 0.1) is 19.2 Å². The van der Waals surface area contributed by atoms with Crippen molar-refractivity contribution in [3.63, 3.8) is 0 Å². The summed E-state index contributed by atoms with van der Waals surface area (Å²) in [6.45, 7) is 24.5. The van der Waals surface area contributed by atoms with E-state index in [0.717, 1.165) is 102 Å². The van der Waals surface area contributed by atoms with Gasteiger partial charge in [-0.2, -0.15) is 0 Å². The van der Waals surface area contributed by atoms with Crippen LogP contribution in [0.5, 0.6) is 11.5 Å². The molecule has 8 rings (SSSR count). The van der Waals surface area contributed by atoms with Gasteiger partial charge in [0.1, 0.15) is 30.5 Å². The number of Topliss-reactive ketones (excluding diaryl/α,β-unsaturated/α-hetero) is 1. The van der Waals surface area contributed by atoms with Crippen LogP contribution >= 0.6 is 0 Å². The van der Waals surface area contributed by atoms with Crippen LogP contribution in [-0.2, 0) is 40.3 Å². The Balaban J connectivity index is 1.10. The first kappa shape index (κ1) is 50.8. The molecule has 372 valence electrons. The van der Waals surface area contributed by atoms with Crippen LogP contribution in [-0.4, -0.2) is 64.2 Å². The Bertz CT molecular complexity index is 2880. The molecule has 9 nitrogen and oxygen atoms in total. The fourth-order valence-corrected chi connectivity index (χ4v) is 10.8. The maximum Gasteiger partial charge on any atom is 0.333 e. The number of carbonyl (C=O) groups excluding carboxylic acids is 3. The molecule has 1 unspecified atom stereocenters. The average molecular weight is 957 g/mol. The number of esters is 2. The number of anilines is 2. The number of benzene rings is 5. The van der Waals surface area contributed by atoms with Gasteiger partial charge >= 0.3 is 11.9 Å². The third-order valence-electron chi connectivity index (χ3n) is 14.5.